The van der Waals surface area contributed by atoms with E-state index in [0.717, 1.165) is 46.7 Å². The van der Waals surface area contributed by atoms with Gasteiger partial charge in [-0.3, -0.25) is 9.69 Å². The molecule has 3 nitrogen and oxygen atoms in total. The highest BCUT2D eigenvalue weighted by Crippen LogP contribution is 2.23. The molecule has 17 heavy (non-hydrogen) atoms. The summed E-state index contributed by atoms with van der Waals surface area (Å²) in [6.07, 6.45) is 0. The number of carbonyl (C=O) groups is 1. The van der Waals surface area contributed by atoms with Crippen molar-refractivity contribution in [1.29, 1.82) is 0 Å². The molecule has 1 aromatic rings. The van der Waals surface area contributed by atoms with Gasteiger partial charge in [-0.2, -0.15) is 0 Å². The average Bonchev–Trinajstić information content (AvgIpc) is 2.76. The van der Waals surface area contributed by atoms with E-state index in [-0.39, 0.29) is 5.91 Å². The molecule has 1 aliphatic rings. The predicted octanol–water partition coefficient (Wildman–Crippen LogP) is 2.66. The lowest BCUT2D eigenvalue weighted by Crippen LogP contribution is -2.48. The highest BCUT2D eigenvalue weighted by molar-refractivity contribution is 9.11. The van der Waals surface area contributed by atoms with Crippen LogP contribution in [0.2, 0.25) is 0 Å². The van der Waals surface area contributed by atoms with Crippen molar-refractivity contribution >= 4 is 49.1 Å². The van der Waals surface area contributed by atoms with Crippen molar-refractivity contribution in [3.63, 3.8) is 0 Å². The third-order valence-electron chi connectivity index (χ3n) is 2.84. The van der Waals surface area contributed by atoms with E-state index in [1.807, 2.05) is 17.0 Å². The Bertz CT molecular complexity index is 389. The molecule has 6 heteroatoms. The molecule has 1 aromatic heterocycles. The third-order valence-corrected chi connectivity index (χ3v) is 4.81. The van der Waals surface area contributed by atoms with Gasteiger partial charge in [0.1, 0.15) is 0 Å². The van der Waals surface area contributed by atoms with Gasteiger partial charge in [-0.25, -0.2) is 0 Å². The quantitative estimate of drug-likeness (QED) is 0.751. The first-order valence-corrected chi connectivity index (χ1v) is 8.27. The second-order valence-corrected chi connectivity index (χ2v) is 7.18. The number of rotatable bonds is 3. The molecule has 0 N–H and O–H groups in total. The summed E-state index contributed by atoms with van der Waals surface area (Å²) in [5.74, 6) is 0.166. The summed E-state index contributed by atoms with van der Waals surface area (Å²) in [5, 5.41) is 0.999. The Kier molecular flexibility index (Phi) is 5.02. The van der Waals surface area contributed by atoms with E-state index >= 15 is 0 Å². The first kappa shape index (κ1) is 13.5. The van der Waals surface area contributed by atoms with E-state index in [9.17, 15) is 4.79 Å². The van der Waals surface area contributed by atoms with Gasteiger partial charge in [-0.15, -0.1) is 11.3 Å². The average molecular weight is 382 g/mol. The van der Waals surface area contributed by atoms with Gasteiger partial charge in [-0.1, -0.05) is 15.9 Å². The van der Waals surface area contributed by atoms with E-state index < -0.39 is 0 Å². The summed E-state index contributed by atoms with van der Waals surface area (Å²) in [4.78, 5) is 17.3. The van der Waals surface area contributed by atoms with E-state index in [1.54, 1.807) is 0 Å². The summed E-state index contributed by atoms with van der Waals surface area (Å²) in [6, 6.07) is 3.82. The van der Waals surface area contributed by atoms with Crippen LogP contribution < -0.4 is 0 Å². The number of hydrogen-bond acceptors (Lipinski definition) is 3. The molecule has 0 unspecified atom stereocenters. The molecular formula is C11H14Br2N2OS. The second-order valence-electron chi connectivity index (χ2n) is 3.93. The molecular weight excluding hydrogens is 368 g/mol. The maximum Gasteiger partial charge on any atom is 0.264 e. The van der Waals surface area contributed by atoms with Crippen LogP contribution in [0.1, 0.15) is 9.67 Å². The number of halogens is 2. The molecule has 0 spiro atoms. The van der Waals surface area contributed by atoms with E-state index in [0.29, 0.717) is 0 Å². The third kappa shape index (κ3) is 3.53. The number of amides is 1. The first-order valence-electron chi connectivity index (χ1n) is 5.53. The van der Waals surface area contributed by atoms with Crippen LogP contribution in [0, 0.1) is 0 Å². The van der Waals surface area contributed by atoms with Crippen LogP contribution in [0.15, 0.2) is 15.9 Å². The van der Waals surface area contributed by atoms with Gasteiger partial charge in [0.15, 0.2) is 0 Å². The molecule has 2 heterocycles. The van der Waals surface area contributed by atoms with Crippen molar-refractivity contribution in [2.75, 3.05) is 38.1 Å². The highest BCUT2D eigenvalue weighted by atomic mass is 79.9. The lowest BCUT2D eigenvalue weighted by Gasteiger charge is -2.34. The number of nitrogens with zero attached hydrogens (tertiary/aromatic N) is 2. The Balaban J connectivity index is 1.90. The minimum absolute atomic E-state index is 0.166. The number of hydrogen-bond donors (Lipinski definition) is 0. The zero-order valence-electron chi connectivity index (χ0n) is 9.36. The number of alkyl halides is 1. The number of carbonyl (C=O) groups excluding carboxylic acids is 1. The maximum atomic E-state index is 12.2. The van der Waals surface area contributed by atoms with E-state index in [2.05, 4.69) is 36.8 Å². The fourth-order valence-corrected chi connectivity index (χ4v) is 3.73. The second kappa shape index (κ2) is 6.31. The van der Waals surface area contributed by atoms with Crippen molar-refractivity contribution in [2.24, 2.45) is 0 Å². The molecule has 0 bridgehead atoms. The van der Waals surface area contributed by atoms with Crippen molar-refractivity contribution in [2.45, 2.75) is 0 Å². The Hall–Kier alpha value is 0.0900. The Morgan fingerprint density at radius 1 is 1.29 bits per heavy atom. The molecule has 0 aromatic carbocycles. The SMILES string of the molecule is O=C(c1ccc(Br)s1)N1CCN(CCBr)CC1. The van der Waals surface area contributed by atoms with Gasteiger partial charge in [0.2, 0.25) is 0 Å². The Labute approximate surface area is 122 Å². The van der Waals surface area contributed by atoms with Gasteiger partial charge in [0.05, 0.1) is 8.66 Å². The molecule has 1 amide bonds. The fraction of sp³-hybridized carbons (Fsp3) is 0.545. The van der Waals surface area contributed by atoms with Gasteiger partial charge in [0, 0.05) is 38.1 Å². The van der Waals surface area contributed by atoms with Crippen molar-refractivity contribution in [3.8, 4) is 0 Å². The zero-order chi connectivity index (χ0) is 12.3. The molecule has 0 saturated carbocycles. The fourth-order valence-electron chi connectivity index (χ4n) is 1.88. The van der Waals surface area contributed by atoms with Crippen molar-refractivity contribution in [1.82, 2.24) is 9.80 Å². The monoisotopic (exact) mass is 380 g/mol. The van der Waals surface area contributed by atoms with Crippen LogP contribution in [0.25, 0.3) is 0 Å². The van der Waals surface area contributed by atoms with Crippen molar-refractivity contribution < 1.29 is 4.79 Å². The summed E-state index contributed by atoms with van der Waals surface area (Å²) >= 11 is 8.34. The first-order chi connectivity index (χ1) is 8.20. The molecule has 1 fully saturated rings. The molecule has 0 atom stereocenters. The van der Waals surface area contributed by atoms with Crippen LogP contribution in [0.5, 0.6) is 0 Å². The van der Waals surface area contributed by atoms with Gasteiger partial charge >= 0.3 is 0 Å². The normalized spacial score (nSPS) is 17.4. The molecule has 0 aliphatic carbocycles. The number of piperazine rings is 1. The smallest absolute Gasteiger partial charge is 0.264 e. The largest absolute Gasteiger partial charge is 0.335 e. The molecule has 0 radical (unpaired) electrons. The maximum absolute atomic E-state index is 12.2. The molecule has 2 rings (SSSR count). The minimum atomic E-state index is 0.166. The van der Waals surface area contributed by atoms with Crippen LogP contribution >= 0.6 is 43.2 Å². The lowest BCUT2D eigenvalue weighted by molar-refractivity contribution is 0.0650. The van der Waals surface area contributed by atoms with Crippen LogP contribution in [0.3, 0.4) is 0 Å². The summed E-state index contributed by atoms with van der Waals surface area (Å²) in [7, 11) is 0. The lowest BCUT2D eigenvalue weighted by atomic mass is 10.3. The summed E-state index contributed by atoms with van der Waals surface area (Å²) in [5.41, 5.74) is 0. The highest BCUT2D eigenvalue weighted by Gasteiger charge is 2.22. The molecule has 94 valence electrons. The van der Waals surface area contributed by atoms with Crippen LogP contribution in [-0.2, 0) is 0 Å². The van der Waals surface area contributed by atoms with E-state index in [1.165, 1.54) is 11.3 Å². The van der Waals surface area contributed by atoms with Gasteiger partial charge in [0.25, 0.3) is 5.91 Å². The predicted molar refractivity (Wildman–Crippen MR) is 78.2 cm³/mol. The molecule has 1 saturated heterocycles. The number of thiophene rings is 1. The van der Waals surface area contributed by atoms with Crippen molar-refractivity contribution in [3.05, 3.63) is 20.8 Å². The standard InChI is InChI=1S/C11H14Br2N2OS/c12-3-4-14-5-7-15(8-6-14)11(16)9-1-2-10(13)17-9/h1-2H,3-8H2. The van der Waals surface area contributed by atoms with Crippen LogP contribution in [-0.4, -0.2) is 53.8 Å². The van der Waals surface area contributed by atoms with E-state index in [4.69, 9.17) is 0 Å². The molecule has 1 aliphatic heterocycles. The zero-order valence-corrected chi connectivity index (χ0v) is 13.4. The van der Waals surface area contributed by atoms with Gasteiger partial charge < -0.3 is 4.90 Å². The minimum Gasteiger partial charge on any atom is -0.335 e. The topological polar surface area (TPSA) is 23.6 Å². The van der Waals surface area contributed by atoms with Crippen LogP contribution in [0.4, 0.5) is 0 Å². The Morgan fingerprint density at radius 3 is 2.53 bits per heavy atom. The van der Waals surface area contributed by atoms with Gasteiger partial charge in [-0.05, 0) is 28.1 Å². The Morgan fingerprint density at radius 2 is 2.00 bits per heavy atom. The summed E-state index contributed by atoms with van der Waals surface area (Å²) in [6.45, 7) is 4.68. The summed E-state index contributed by atoms with van der Waals surface area (Å²) < 4.78 is 1.01.